The lowest BCUT2D eigenvalue weighted by molar-refractivity contribution is -0.104. The van der Waals surface area contributed by atoms with Crippen LogP contribution in [0, 0.1) is 5.82 Å². The van der Waals surface area contributed by atoms with Gasteiger partial charge in [-0.15, -0.1) is 11.3 Å². The molecule has 0 aliphatic heterocycles. The van der Waals surface area contributed by atoms with E-state index < -0.39 is 5.78 Å². The molecule has 0 fully saturated rings. The van der Waals surface area contributed by atoms with Crippen LogP contribution in [-0.4, -0.2) is 49.1 Å². The minimum absolute atomic E-state index is 0.315. The van der Waals surface area contributed by atoms with E-state index in [4.69, 9.17) is 0 Å². The minimum atomic E-state index is -0.583. The summed E-state index contributed by atoms with van der Waals surface area (Å²) in [6, 6.07) is 9.56. The van der Waals surface area contributed by atoms with Gasteiger partial charge in [0.15, 0.2) is 6.29 Å². The van der Waals surface area contributed by atoms with E-state index in [2.05, 4.69) is 10.3 Å². The zero-order chi connectivity index (χ0) is 18.7. The van der Waals surface area contributed by atoms with E-state index in [9.17, 15) is 14.0 Å². The Bertz CT molecular complexity index is 951. The van der Waals surface area contributed by atoms with Crippen LogP contribution in [0.5, 0.6) is 0 Å². The molecule has 2 aromatic carbocycles. The lowest BCUT2D eigenvalue weighted by Crippen LogP contribution is -2.20. The van der Waals surface area contributed by atoms with Gasteiger partial charge in [0, 0.05) is 29.9 Å². The van der Waals surface area contributed by atoms with Crippen LogP contribution in [0.2, 0.25) is 0 Å². The molecule has 5 nitrogen and oxygen atoms in total. The molecule has 1 aromatic heterocycles. The highest BCUT2D eigenvalue weighted by Gasteiger charge is 2.16. The van der Waals surface area contributed by atoms with Gasteiger partial charge >= 0.3 is 0 Å². The minimum Gasteiger partial charge on any atom is -0.384 e. The number of aldehydes is 1. The smallest absolute Gasteiger partial charge is 0.226 e. The Kier molecular flexibility index (Phi) is 5.39. The summed E-state index contributed by atoms with van der Waals surface area (Å²) in [5.41, 5.74) is 2.46. The molecule has 0 saturated heterocycles. The fourth-order valence-corrected chi connectivity index (χ4v) is 3.59. The standard InChI is InChI=1S/C19H18FN3O2S/c1-23(2)8-7-21-14-9-15(17(25)11-24)18-16(10-14)22-19(26-18)12-3-5-13(20)6-4-12/h3-6,9-11,21H,7-8H2,1-2H3. The molecule has 0 amide bonds. The van der Waals surface area contributed by atoms with E-state index >= 15 is 0 Å². The highest BCUT2D eigenvalue weighted by Crippen LogP contribution is 2.34. The highest BCUT2D eigenvalue weighted by molar-refractivity contribution is 7.22. The van der Waals surface area contributed by atoms with Crippen molar-refractivity contribution in [3.63, 3.8) is 0 Å². The van der Waals surface area contributed by atoms with Crippen LogP contribution in [0.15, 0.2) is 36.4 Å². The number of fused-ring (bicyclic) bond motifs is 1. The Labute approximate surface area is 154 Å². The van der Waals surface area contributed by atoms with Gasteiger partial charge in [-0.2, -0.15) is 0 Å². The number of carbonyl (C=O) groups is 2. The lowest BCUT2D eigenvalue weighted by atomic mass is 10.1. The molecule has 7 heteroatoms. The van der Waals surface area contributed by atoms with Crippen molar-refractivity contribution in [1.82, 2.24) is 9.88 Å². The third kappa shape index (κ3) is 3.95. The average molecular weight is 371 g/mol. The van der Waals surface area contributed by atoms with Gasteiger partial charge in [-0.25, -0.2) is 9.37 Å². The molecule has 3 rings (SSSR count). The monoisotopic (exact) mass is 371 g/mol. The summed E-state index contributed by atoms with van der Waals surface area (Å²) in [7, 11) is 3.95. The van der Waals surface area contributed by atoms with Crippen molar-refractivity contribution in [2.45, 2.75) is 0 Å². The van der Waals surface area contributed by atoms with Crippen LogP contribution < -0.4 is 5.32 Å². The van der Waals surface area contributed by atoms with Crippen molar-refractivity contribution in [1.29, 1.82) is 0 Å². The zero-order valence-corrected chi connectivity index (χ0v) is 15.3. The fraction of sp³-hybridized carbons (Fsp3) is 0.211. The molecule has 134 valence electrons. The summed E-state index contributed by atoms with van der Waals surface area (Å²) in [4.78, 5) is 29.7. The molecular weight excluding hydrogens is 353 g/mol. The molecule has 3 aromatic rings. The summed E-state index contributed by atoms with van der Waals surface area (Å²) >= 11 is 1.31. The molecule has 0 atom stereocenters. The fourth-order valence-electron chi connectivity index (χ4n) is 2.52. The van der Waals surface area contributed by atoms with Crippen molar-refractivity contribution in [3.8, 4) is 10.6 Å². The van der Waals surface area contributed by atoms with E-state index in [1.165, 1.54) is 23.5 Å². The molecule has 0 aliphatic rings. The maximum atomic E-state index is 13.1. The van der Waals surface area contributed by atoms with E-state index in [0.29, 0.717) is 33.6 Å². The third-order valence-electron chi connectivity index (χ3n) is 3.84. The molecule has 0 bridgehead atoms. The molecule has 0 aliphatic carbocycles. The largest absolute Gasteiger partial charge is 0.384 e. The second-order valence-electron chi connectivity index (χ2n) is 6.11. The first-order chi connectivity index (χ1) is 12.5. The van der Waals surface area contributed by atoms with E-state index in [0.717, 1.165) is 17.8 Å². The molecule has 0 radical (unpaired) electrons. The van der Waals surface area contributed by atoms with Crippen molar-refractivity contribution in [2.75, 3.05) is 32.5 Å². The van der Waals surface area contributed by atoms with Gasteiger partial charge in [0.05, 0.1) is 10.2 Å². The first kappa shape index (κ1) is 18.2. The molecule has 1 N–H and O–H groups in total. The number of rotatable bonds is 7. The number of benzene rings is 2. The van der Waals surface area contributed by atoms with Crippen LogP contribution in [-0.2, 0) is 4.79 Å². The number of aromatic nitrogens is 1. The zero-order valence-electron chi connectivity index (χ0n) is 14.5. The first-order valence-electron chi connectivity index (χ1n) is 8.06. The summed E-state index contributed by atoms with van der Waals surface area (Å²) in [5.74, 6) is -0.903. The number of hydrogen-bond donors (Lipinski definition) is 1. The Morgan fingerprint density at radius 1 is 1.27 bits per heavy atom. The number of hydrogen-bond acceptors (Lipinski definition) is 6. The summed E-state index contributed by atoms with van der Waals surface area (Å²) < 4.78 is 13.8. The number of carbonyl (C=O) groups excluding carboxylic acids is 2. The van der Waals surface area contributed by atoms with Crippen molar-refractivity contribution in [3.05, 3.63) is 47.8 Å². The number of thiazole rings is 1. The molecule has 0 saturated carbocycles. The normalized spacial score (nSPS) is 11.1. The number of Topliss-reactive ketones (excluding diaryl/α,β-unsaturated/α-hetero) is 1. The number of likely N-dealkylation sites (N-methyl/N-ethyl adjacent to an activating group) is 1. The predicted molar refractivity (Wildman–Crippen MR) is 102 cm³/mol. The van der Waals surface area contributed by atoms with Gasteiger partial charge in [0.25, 0.3) is 0 Å². The molecule has 1 heterocycles. The molecule has 0 unspecified atom stereocenters. The van der Waals surface area contributed by atoms with Gasteiger partial charge in [-0.05, 0) is 50.5 Å². The third-order valence-corrected chi connectivity index (χ3v) is 5.00. The highest BCUT2D eigenvalue weighted by atomic mass is 32.1. The van der Waals surface area contributed by atoms with E-state index in [-0.39, 0.29) is 5.82 Å². The SMILES string of the molecule is CN(C)CCNc1cc(C(=O)C=O)c2sc(-c3ccc(F)cc3)nc2c1. The lowest BCUT2D eigenvalue weighted by Gasteiger charge is -2.12. The van der Waals surface area contributed by atoms with E-state index in [1.54, 1.807) is 18.2 Å². The number of ketones is 1. The molecular formula is C19H18FN3O2S. The van der Waals surface area contributed by atoms with Crippen LogP contribution in [0.25, 0.3) is 20.8 Å². The van der Waals surface area contributed by atoms with Gasteiger partial charge in [0.1, 0.15) is 10.8 Å². The summed E-state index contributed by atoms with van der Waals surface area (Å²) in [6.07, 6.45) is 0.315. The number of halogens is 1. The van der Waals surface area contributed by atoms with Crippen LogP contribution in [0.3, 0.4) is 0 Å². The second kappa shape index (κ2) is 7.72. The Balaban J connectivity index is 2.03. The Morgan fingerprint density at radius 3 is 2.65 bits per heavy atom. The predicted octanol–water partition coefficient (Wildman–Crippen LogP) is 3.46. The van der Waals surface area contributed by atoms with Gasteiger partial charge in [-0.3, -0.25) is 9.59 Å². The van der Waals surface area contributed by atoms with Crippen LogP contribution in [0.4, 0.5) is 10.1 Å². The van der Waals surface area contributed by atoms with Crippen LogP contribution >= 0.6 is 11.3 Å². The number of anilines is 1. The second-order valence-corrected chi connectivity index (χ2v) is 7.11. The maximum absolute atomic E-state index is 13.1. The van der Waals surface area contributed by atoms with Gasteiger partial charge < -0.3 is 10.2 Å². The molecule has 26 heavy (non-hydrogen) atoms. The summed E-state index contributed by atoms with van der Waals surface area (Å²) in [5, 5.41) is 3.92. The quantitative estimate of drug-likeness (QED) is 0.392. The number of nitrogens with one attached hydrogen (secondary N) is 1. The van der Waals surface area contributed by atoms with E-state index in [1.807, 2.05) is 25.1 Å². The topological polar surface area (TPSA) is 62.3 Å². The Hall–Kier alpha value is -2.64. The van der Waals surface area contributed by atoms with Crippen molar-refractivity contribution >= 4 is 39.3 Å². The average Bonchev–Trinajstić information content (AvgIpc) is 3.04. The van der Waals surface area contributed by atoms with Crippen molar-refractivity contribution < 1.29 is 14.0 Å². The Morgan fingerprint density at radius 2 is 2.00 bits per heavy atom. The van der Waals surface area contributed by atoms with Gasteiger partial charge in [0.2, 0.25) is 5.78 Å². The summed E-state index contributed by atoms with van der Waals surface area (Å²) in [6.45, 7) is 1.52. The van der Waals surface area contributed by atoms with Crippen molar-refractivity contribution in [2.24, 2.45) is 0 Å². The van der Waals surface area contributed by atoms with Gasteiger partial charge in [-0.1, -0.05) is 0 Å². The van der Waals surface area contributed by atoms with Crippen LogP contribution in [0.1, 0.15) is 10.4 Å². The number of nitrogens with zero attached hydrogens (tertiary/aromatic N) is 2. The first-order valence-corrected chi connectivity index (χ1v) is 8.88. The maximum Gasteiger partial charge on any atom is 0.226 e. The molecule has 0 spiro atoms.